The Balaban J connectivity index is 2.25. The number of aryl methyl sites for hydroxylation is 1. The average molecular weight is 343 g/mol. The Hall–Kier alpha value is -1.06. The summed E-state index contributed by atoms with van der Waals surface area (Å²) in [5.74, 6) is -0.322. The summed E-state index contributed by atoms with van der Waals surface area (Å²) in [6, 6.07) is 10.5. The van der Waals surface area contributed by atoms with E-state index in [0.717, 1.165) is 21.3 Å². The lowest BCUT2D eigenvalue weighted by atomic mass is 10.1. The lowest BCUT2D eigenvalue weighted by Gasteiger charge is -2.18. The molecule has 0 fully saturated rings. The number of halogens is 3. The minimum absolute atomic E-state index is 0.00815. The molecule has 0 aliphatic rings. The predicted octanol–water partition coefficient (Wildman–Crippen LogP) is 5.72. The van der Waals surface area contributed by atoms with Crippen molar-refractivity contribution < 1.29 is 4.39 Å². The quantitative estimate of drug-likeness (QED) is 0.752. The highest BCUT2D eigenvalue weighted by atomic mass is 79.9. The highest BCUT2D eigenvalue weighted by molar-refractivity contribution is 9.10. The van der Waals surface area contributed by atoms with Gasteiger partial charge in [-0.1, -0.05) is 29.8 Å². The molecule has 2 aromatic rings. The minimum atomic E-state index is -0.322. The number of hydrogen-bond acceptors (Lipinski definition) is 1. The van der Waals surface area contributed by atoms with Gasteiger partial charge in [-0.25, -0.2) is 4.39 Å². The molecule has 0 heterocycles. The molecule has 1 unspecified atom stereocenters. The highest BCUT2D eigenvalue weighted by Crippen LogP contribution is 2.31. The number of nitrogens with one attached hydrogen (secondary N) is 1. The van der Waals surface area contributed by atoms with Crippen molar-refractivity contribution in [1.29, 1.82) is 0 Å². The second-order valence-corrected chi connectivity index (χ2v) is 5.67. The summed E-state index contributed by atoms with van der Waals surface area (Å²) >= 11 is 9.63. The first-order valence-electron chi connectivity index (χ1n) is 5.95. The van der Waals surface area contributed by atoms with Crippen molar-refractivity contribution in [3.8, 4) is 0 Å². The first-order chi connectivity index (χ1) is 8.99. The number of hydrogen-bond donors (Lipinski definition) is 1. The van der Waals surface area contributed by atoms with Crippen LogP contribution in [0.25, 0.3) is 0 Å². The molecule has 1 atom stereocenters. The number of benzene rings is 2. The van der Waals surface area contributed by atoms with Crippen LogP contribution < -0.4 is 5.32 Å². The van der Waals surface area contributed by atoms with Gasteiger partial charge in [0.2, 0.25) is 0 Å². The molecule has 1 N–H and O–H groups in total. The van der Waals surface area contributed by atoms with E-state index in [9.17, 15) is 4.39 Å². The Kier molecular flexibility index (Phi) is 4.48. The predicted molar refractivity (Wildman–Crippen MR) is 82.3 cm³/mol. The van der Waals surface area contributed by atoms with Crippen molar-refractivity contribution >= 4 is 33.2 Å². The van der Waals surface area contributed by atoms with Gasteiger partial charge in [0.25, 0.3) is 0 Å². The van der Waals surface area contributed by atoms with E-state index < -0.39 is 0 Å². The van der Waals surface area contributed by atoms with Crippen LogP contribution in [-0.4, -0.2) is 0 Å². The van der Waals surface area contributed by atoms with E-state index in [2.05, 4.69) is 21.2 Å². The van der Waals surface area contributed by atoms with Gasteiger partial charge in [-0.3, -0.25) is 0 Å². The molecule has 100 valence electrons. The fourth-order valence-electron chi connectivity index (χ4n) is 1.92. The molecule has 1 nitrogen and oxygen atoms in total. The molecule has 0 bridgehead atoms. The summed E-state index contributed by atoms with van der Waals surface area (Å²) in [6.07, 6.45) is 0. The fraction of sp³-hybridized carbons (Fsp3) is 0.200. The van der Waals surface area contributed by atoms with E-state index in [1.807, 2.05) is 32.0 Å². The number of rotatable bonds is 3. The van der Waals surface area contributed by atoms with Crippen LogP contribution in [0.5, 0.6) is 0 Å². The molecular formula is C15H14BrClFN. The average Bonchev–Trinajstić information content (AvgIpc) is 2.34. The maximum absolute atomic E-state index is 13.0. The zero-order valence-corrected chi connectivity index (χ0v) is 13.0. The molecule has 0 saturated carbocycles. The second kappa shape index (κ2) is 5.93. The van der Waals surface area contributed by atoms with Crippen LogP contribution in [0, 0.1) is 12.7 Å². The maximum atomic E-state index is 13.0. The molecular weight excluding hydrogens is 329 g/mol. The molecule has 0 radical (unpaired) electrons. The van der Waals surface area contributed by atoms with E-state index in [1.165, 1.54) is 12.1 Å². The normalized spacial score (nSPS) is 12.3. The Morgan fingerprint density at radius 3 is 2.68 bits per heavy atom. The molecule has 0 aromatic heterocycles. The van der Waals surface area contributed by atoms with Crippen LogP contribution in [0.3, 0.4) is 0 Å². The Morgan fingerprint density at radius 1 is 1.26 bits per heavy atom. The summed E-state index contributed by atoms with van der Waals surface area (Å²) in [6.45, 7) is 4.03. The molecule has 4 heteroatoms. The van der Waals surface area contributed by atoms with Gasteiger partial charge in [0.05, 0.1) is 6.04 Å². The van der Waals surface area contributed by atoms with E-state index >= 15 is 0 Å². The molecule has 0 aliphatic heterocycles. The van der Waals surface area contributed by atoms with Crippen LogP contribution in [0.1, 0.15) is 24.1 Å². The highest BCUT2D eigenvalue weighted by Gasteiger charge is 2.12. The van der Waals surface area contributed by atoms with Gasteiger partial charge in [0.1, 0.15) is 5.82 Å². The summed E-state index contributed by atoms with van der Waals surface area (Å²) in [7, 11) is 0. The van der Waals surface area contributed by atoms with Crippen molar-refractivity contribution in [2.24, 2.45) is 0 Å². The van der Waals surface area contributed by atoms with Gasteiger partial charge in [-0.2, -0.15) is 0 Å². The van der Waals surface area contributed by atoms with Crippen molar-refractivity contribution in [3.63, 3.8) is 0 Å². The van der Waals surface area contributed by atoms with Gasteiger partial charge in [0, 0.05) is 15.2 Å². The lowest BCUT2D eigenvalue weighted by molar-refractivity contribution is 0.626. The van der Waals surface area contributed by atoms with Gasteiger partial charge in [-0.05, 0) is 59.1 Å². The van der Waals surface area contributed by atoms with Gasteiger partial charge < -0.3 is 5.32 Å². The third kappa shape index (κ3) is 3.28. The van der Waals surface area contributed by atoms with Crippen LogP contribution in [0.4, 0.5) is 10.1 Å². The van der Waals surface area contributed by atoms with Gasteiger partial charge in [0.15, 0.2) is 0 Å². The van der Waals surface area contributed by atoms with Crippen molar-refractivity contribution in [2.45, 2.75) is 19.9 Å². The molecule has 19 heavy (non-hydrogen) atoms. The van der Waals surface area contributed by atoms with Crippen molar-refractivity contribution in [3.05, 3.63) is 62.8 Å². The lowest BCUT2D eigenvalue weighted by Crippen LogP contribution is -2.08. The second-order valence-electron chi connectivity index (χ2n) is 4.47. The summed E-state index contributed by atoms with van der Waals surface area (Å²) in [5.41, 5.74) is 3.02. The van der Waals surface area contributed by atoms with E-state index in [1.54, 1.807) is 6.07 Å². The molecule has 2 aromatic carbocycles. The zero-order valence-electron chi connectivity index (χ0n) is 10.7. The molecule has 0 spiro atoms. The first kappa shape index (κ1) is 14.4. The van der Waals surface area contributed by atoms with Crippen molar-refractivity contribution in [1.82, 2.24) is 0 Å². The van der Waals surface area contributed by atoms with Gasteiger partial charge in [-0.15, -0.1) is 0 Å². The molecule has 0 aliphatic carbocycles. The Labute approximate surface area is 125 Å². The van der Waals surface area contributed by atoms with Crippen LogP contribution in [-0.2, 0) is 0 Å². The summed E-state index contributed by atoms with van der Waals surface area (Å²) < 4.78 is 14.1. The SMILES string of the molecule is Cc1cccc(NC(C)c2ccc(F)cc2Cl)c1Br. The summed E-state index contributed by atoms with van der Waals surface area (Å²) in [4.78, 5) is 0. The Bertz CT molecular complexity index is 601. The minimum Gasteiger partial charge on any atom is -0.378 e. The third-order valence-corrected chi connectivity index (χ3v) is 4.37. The van der Waals surface area contributed by atoms with Crippen molar-refractivity contribution in [2.75, 3.05) is 5.32 Å². The Morgan fingerprint density at radius 2 is 2.00 bits per heavy atom. The summed E-state index contributed by atoms with van der Waals surface area (Å²) in [5, 5.41) is 3.81. The molecule has 0 amide bonds. The van der Waals surface area contributed by atoms with E-state index in [0.29, 0.717) is 5.02 Å². The maximum Gasteiger partial charge on any atom is 0.124 e. The van der Waals surface area contributed by atoms with E-state index in [-0.39, 0.29) is 11.9 Å². The van der Waals surface area contributed by atoms with Crippen LogP contribution >= 0.6 is 27.5 Å². The topological polar surface area (TPSA) is 12.0 Å². The zero-order chi connectivity index (χ0) is 14.0. The largest absolute Gasteiger partial charge is 0.378 e. The fourth-order valence-corrected chi connectivity index (χ4v) is 2.63. The van der Waals surface area contributed by atoms with Gasteiger partial charge >= 0.3 is 0 Å². The van der Waals surface area contributed by atoms with Crippen LogP contribution in [0.2, 0.25) is 5.02 Å². The van der Waals surface area contributed by atoms with E-state index in [4.69, 9.17) is 11.6 Å². The standard InChI is InChI=1S/C15H14BrClFN/c1-9-4-3-5-14(15(9)16)19-10(2)12-7-6-11(18)8-13(12)17/h3-8,10,19H,1-2H3. The number of anilines is 1. The first-order valence-corrected chi connectivity index (χ1v) is 7.12. The van der Waals surface area contributed by atoms with Crippen LogP contribution in [0.15, 0.2) is 40.9 Å². The third-order valence-electron chi connectivity index (χ3n) is 2.99. The molecule has 0 saturated heterocycles. The smallest absolute Gasteiger partial charge is 0.124 e. The molecule has 2 rings (SSSR count). The monoisotopic (exact) mass is 341 g/mol.